The van der Waals surface area contributed by atoms with Crippen molar-refractivity contribution in [3.63, 3.8) is 0 Å². The van der Waals surface area contributed by atoms with Gasteiger partial charge in [-0.05, 0) is 6.92 Å². The quantitative estimate of drug-likeness (QED) is 0.107. The van der Waals surface area contributed by atoms with Crippen LogP contribution in [0.25, 0.3) is 0 Å². The molecule has 0 spiro atoms. The van der Waals surface area contributed by atoms with Crippen LogP contribution < -0.4 is 0 Å². The third-order valence-corrected chi connectivity index (χ3v) is 3.27. The van der Waals surface area contributed by atoms with Crippen LogP contribution in [0.1, 0.15) is 81.2 Å². The van der Waals surface area contributed by atoms with Crippen LogP contribution >= 0.6 is 0 Å². The molecule has 0 bridgehead atoms. The third kappa shape index (κ3) is 20.3. The van der Waals surface area contributed by atoms with Gasteiger partial charge in [-0.3, -0.25) is 9.47 Å². The van der Waals surface area contributed by atoms with Crippen LogP contribution in [-0.2, 0) is 18.9 Å². The van der Waals surface area contributed by atoms with Crippen LogP contribution in [0.15, 0.2) is 12.7 Å². The molecule has 2 unspecified atom stereocenters. The molecule has 52 heavy (non-hydrogen) atoms. The first-order valence-corrected chi connectivity index (χ1v) is 8.90. The average molecular weight is 1100 g/mol. The summed E-state index contributed by atoms with van der Waals surface area (Å²) in [5.74, 6) is -20.4. The van der Waals surface area contributed by atoms with Gasteiger partial charge in [0.1, 0.15) is 13.3 Å². The Morgan fingerprint density at radius 3 is 1.02 bits per heavy atom. The van der Waals surface area contributed by atoms with Crippen LogP contribution in [-0.4, -0.2) is 79.1 Å². The van der Waals surface area contributed by atoms with Crippen molar-refractivity contribution in [2.24, 2.45) is 0 Å². The minimum atomic E-state index is -8.25. The van der Waals surface area contributed by atoms with E-state index in [2.05, 4.69) is 11.3 Å². The zero-order chi connectivity index (χ0) is 33.9. The molecule has 330 valence electrons. The molecule has 0 aliphatic carbocycles. The van der Waals surface area contributed by atoms with Crippen molar-refractivity contribution in [3.05, 3.63) is 12.7 Å². The second kappa shape index (κ2) is 25.9. The van der Waals surface area contributed by atoms with E-state index in [1.54, 1.807) is 4.74 Å². The van der Waals surface area contributed by atoms with Gasteiger partial charge < -0.3 is 5.11 Å². The summed E-state index contributed by atoms with van der Waals surface area (Å²) >= 11 is 0. The molecule has 0 aromatic rings. The van der Waals surface area contributed by atoms with Gasteiger partial charge in [0.05, 0.1) is 0 Å². The van der Waals surface area contributed by atoms with E-state index in [1.807, 2.05) is 0 Å². The molecule has 0 saturated carbocycles. The molecule has 0 saturated heterocycles. The van der Waals surface area contributed by atoms with Gasteiger partial charge in [0.25, 0.3) is 0 Å². The van der Waals surface area contributed by atoms with Crippen molar-refractivity contribution < 1.29 is 116 Å². The Morgan fingerprint density at radius 1 is 0.500 bits per heavy atom. The summed E-state index contributed by atoms with van der Waals surface area (Å²) in [6.45, 7) is -0.344. The van der Waals surface area contributed by atoms with Crippen molar-refractivity contribution in [2.75, 3.05) is 13.3 Å². The fourth-order valence-corrected chi connectivity index (χ4v) is 1.49. The minimum Gasteiger partial charge on any atom is -0.331 e. The van der Waals surface area contributed by atoms with Crippen molar-refractivity contribution in [1.29, 1.82) is 0 Å². The summed E-state index contributed by atoms with van der Waals surface area (Å²) in [4.78, 5) is 0. The predicted molar refractivity (Wildman–Crippen MR) is 150 cm³/mol. The molecule has 0 aliphatic heterocycles. The minimum absolute atomic E-state index is 0. The van der Waals surface area contributed by atoms with Crippen molar-refractivity contribution in [1.82, 2.24) is 0 Å². The van der Waals surface area contributed by atoms with Crippen molar-refractivity contribution >= 4 is 0 Å². The molecule has 0 amide bonds. The van der Waals surface area contributed by atoms with Gasteiger partial charge in [-0.15, -0.1) is 15.4 Å². The van der Waals surface area contributed by atoms with E-state index in [9.17, 15) is 92.2 Å². The van der Waals surface area contributed by atoms with Crippen LogP contribution in [0.4, 0.5) is 92.2 Å². The van der Waals surface area contributed by atoms with Crippen LogP contribution in [0, 0.1) is 0 Å². The maximum atomic E-state index is 13.8. The van der Waals surface area contributed by atoms with Crippen LogP contribution in [0.5, 0.6) is 0 Å². The molecule has 0 fully saturated rings. The summed E-state index contributed by atoms with van der Waals surface area (Å²) in [5, 5.41) is 7.55. The van der Waals surface area contributed by atoms with Gasteiger partial charge in [0.15, 0.2) is 0 Å². The first-order chi connectivity index (χ1) is 17.6. The normalized spacial score (nSPS) is 14.0. The molecule has 0 aromatic heterocycles. The second-order valence-electron chi connectivity index (χ2n) is 6.83. The third-order valence-electron chi connectivity index (χ3n) is 3.27. The Balaban J connectivity index is -0.0000000873. The van der Waals surface area contributed by atoms with E-state index in [-0.39, 0.29) is 81.2 Å². The maximum absolute atomic E-state index is 13.8. The average Bonchev–Trinajstić information content (AvgIpc) is 2.69. The molecule has 0 aromatic carbocycles. The molecular weight excluding hydrogens is 1050 g/mol. The van der Waals surface area contributed by atoms with Gasteiger partial charge >= 0.3 is 54.8 Å². The first-order valence-electron chi connectivity index (χ1n) is 8.90. The van der Waals surface area contributed by atoms with E-state index in [1.165, 1.54) is 15.5 Å². The maximum Gasteiger partial charge on any atom is 0.493 e. The zero-order valence-corrected chi connectivity index (χ0v) is 25.8. The molecule has 27 heteroatoms. The second-order valence-corrected chi connectivity index (χ2v) is 6.83. The number of hydrogen-bond donors (Lipinski definition) is 1. The summed E-state index contributed by atoms with van der Waals surface area (Å²) in [6.07, 6.45) is -52.1. The molecule has 2 atom stereocenters. The number of allylic oxidation sites excluding steroid dienone is 1. The number of ether oxygens (including phenoxy) is 4. The number of hydrogen-bond acceptors (Lipinski definition) is 5. The van der Waals surface area contributed by atoms with Gasteiger partial charge in [-0.25, -0.2) is 22.6 Å². The van der Waals surface area contributed by atoms with Gasteiger partial charge in [-0.2, -0.15) is 70.2 Å². The number of rotatable bonds is 14. The van der Waals surface area contributed by atoms with E-state index in [4.69, 9.17) is 5.11 Å². The van der Waals surface area contributed by atoms with Crippen LogP contribution in [0.2, 0.25) is 0 Å². The van der Waals surface area contributed by atoms with Crippen molar-refractivity contribution in [2.45, 2.75) is 142 Å². The number of alkyl halides is 21. The van der Waals surface area contributed by atoms with Crippen LogP contribution in [0.3, 0.4) is 0 Å². The number of aliphatic hydroxyl groups is 1. The molecule has 1 N–H and O–H groups in total. The predicted octanol–water partition coefficient (Wildman–Crippen LogP) is 13.6. The largest absolute Gasteiger partial charge is 0.493 e. The molecule has 0 aliphatic rings. The summed E-state index contributed by atoms with van der Waals surface area (Å²) in [7, 11) is 0. The van der Waals surface area contributed by atoms with Crippen molar-refractivity contribution in [3.8, 4) is 0 Å². The topological polar surface area (TPSA) is 57.2 Å². The molecule has 5 nitrogen and oxygen atoms in total. The summed E-state index contributed by atoms with van der Waals surface area (Å²) in [5.41, 5.74) is 0. The van der Waals surface area contributed by atoms with E-state index < -0.39 is 74.0 Å². The SMILES string of the molecule is C.C.C.C.C.C.C.C.C.C.C=CCF.CC(F)(CF)OC(F)(F)OC(F)(F)C(F)(F)OC(F)(F)C(F)(OC(F)(F)C(F)(F)C(O)(F)F)C(F)(F)F.[Rf]. The number of halogens is 21. The summed E-state index contributed by atoms with van der Waals surface area (Å²) in [6, 6.07) is 0. The molecule has 0 radical (unpaired) electrons. The fourth-order valence-electron chi connectivity index (χ4n) is 1.49. The molecular formula is C25H51F21O5Rf. The van der Waals surface area contributed by atoms with Gasteiger partial charge in [-0.1, -0.05) is 80.3 Å². The van der Waals surface area contributed by atoms with Gasteiger partial charge in [0, 0.05) is 0 Å². The smallest absolute Gasteiger partial charge is 0.331 e. The molecule has 0 heterocycles. The monoisotopic (exact) mass is 1100 g/mol. The summed E-state index contributed by atoms with van der Waals surface area (Å²) < 4.78 is 276. The van der Waals surface area contributed by atoms with E-state index in [0.717, 1.165) is 0 Å². The standard InChI is InChI=1S/C12H6F20O5.C3H5F.10CH4.Rf/c1-3(14,2-13)34-12(31,32)37-11(29,30)10(27,28)36-9(25,26)5(17,6(18,19)20)35-8(23,24)4(15,16)7(21,22)33;1-2-3-4;;;;;;;;;;;/h33H,2H2,1H3;2H,1,3H2;10*1H4;. The first kappa shape index (κ1) is 87.2. The zero-order valence-electron chi connectivity index (χ0n) is 19.4. The Labute approximate surface area is 285 Å². The Hall–Kier alpha value is -2.93. The van der Waals surface area contributed by atoms with Gasteiger partial charge in [0.2, 0.25) is 5.85 Å². The Morgan fingerprint density at radius 2 is 0.788 bits per heavy atom. The van der Waals surface area contributed by atoms with E-state index >= 15 is 0 Å². The Kier molecular flexibility index (Phi) is 43.5. The fraction of sp³-hybridized carbons (Fsp3) is 0.920. The molecule has 0 rings (SSSR count). The Bertz CT molecular complexity index is 870. The van der Waals surface area contributed by atoms with E-state index in [0.29, 0.717) is 0 Å².